The smallest absolute Gasteiger partial charge is 0.272 e. The van der Waals surface area contributed by atoms with Crippen molar-refractivity contribution in [1.29, 1.82) is 0 Å². The van der Waals surface area contributed by atoms with Gasteiger partial charge in [0, 0.05) is 133 Å². The van der Waals surface area contributed by atoms with E-state index < -0.39 is 23.8 Å². The number of hydrogen-bond donors (Lipinski definition) is 2. The fourth-order valence-corrected chi connectivity index (χ4v) is 9.23. The minimum absolute atomic E-state index is 0. The summed E-state index contributed by atoms with van der Waals surface area (Å²) in [4.78, 5) is 96.9. The number of nitrogens with zero attached hydrogens (tertiary/aromatic N) is 8. The van der Waals surface area contributed by atoms with E-state index >= 15 is 0 Å². The van der Waals surface area contributed by atoms with Gasteiger partial charge in [0.25, 0.3) is 17.4 Å². The quantitative estimate of drug-likeness (QED) is 0.0679. The van der Waals surface area contributed by atoms with Crippen molar-refractivity contribution in [1.82, 2.24) is 44.6 Å². The van der Waals surface area contributed by atoms with Gasteiger partial charge in [-0.25, -0.2) is 9.67 Å². The first-order valence-electron chi connectivity index (χ1n) is 25.7. The first-order chi connectivity index (χ1) is 37.0. The molecule has 1 radical (unpaired) electrons. The molecule has 3 aliphatic heterocycles. The number of piperazine rings is 1. The van der Waals surface area contributed by atoms with Crippen LogP contribution in [0.25, 0.3) is 11.3 Å². The number of anilines is 1. The molecule has 6 aromatic rings. The number of carbonyl (C=O) groups is 6. The summed E-state index contributed by atoms with van der Waals surface area (Å²) < 4.78 is 14.4. The third-order valence-electron chi connectivity index (χ3n) is 13.8. The Kier molecular flexibility index (Phi) is 20.1. The minimum atomic E-state index is -0.918. The Hall–Kier alpha value is -6.90. The molecule has 5 heterocycles. The van der Waals surface area contributed by atoms with E-state index in [9.17, 15) is 33.6 Å². The number of ether oxygens (including phenoxy) is 2. The van der Waals surface area contributed by atoms with Gasteiger partial charge in [0.1, 0.15) is 11.7 Å². The van der Waals surface area contributed by atoms with Crippen LogP contribution in [-0.2, 0) is 83.6 Å². The predicted octanol–water partition coefficient (Wildman–Crippen LogP) is 5.24. The van der Waals surface area contributed by atoms with Crippen LogP contribution in [0.5, 0.6) is 0 Å². The maximum atomic E-state index is 13.4. The molecule has 0 spiro atoms. The zero-order valence-electron chi connectivity index (χ0n) is 44.8. The average Bonchev–Trinajstić information content (AvgIpc) is 4.00. The molecule has 3 aliphatic rings. The first-order valence-corrected chi connectivity index (χ1v) is 25.7. The maximum Gasteiger partial charge on any atom is 0.272 e. The zero-order chi connectivity index (χ0) is 54.8. The van der Waals surface area contributed by atoms with Crippen molar-refractivity contribution < 1.29 is 71.0 Å². The third-order valence-corrected chi connectivity index (χ3v) is 13.8. The normalized spacial score (nSPS) is 15.5. The molecular formula is C58H64N10O9Y-2. The molecule has 2 aromatic heterocycles. The molecule has 1 atom stereocenters. The van der Waals surface area contributed by atoms with Crippen molar-refractivity contribution in [2.24, 2.45) is 7.05 Å². The second kappa shape index (κ2) is 26.6. The molecule has 6 amide bonds. The Morgan fingerprint density at radius 3 is 2.23 bits per heavy atom. The largest absolute Gasteiger partial charge is 0.413 e. The summed E-state index contributed by atoms with van der Waals surface area (Å²) in [5.41, 5.74) is 7.70. The molecule has 1 unspecified atom stereocenters. The van der Waals surface area contributed by atoms with Gasteiger partial charge in [-0.15, -0.1) is 29.4 Å². The van der Waals surface area contributed by atoms with Crippen LogP contribution < -0.4 is 16.2 Å². The molecule has 2 fully saturated rings. The number of hydrogen-bond acceptors (Lipinski definition) is 13. The second-order valence-electron chi connectivity index (χ2n) is 20.1. The predicted molar refractivity (Wildman–Crippen MR) is 287 cm³/mol. The van der Waals surface area contributed by atoms with Crippen molar-refractivity contribution in [3.05, 3.63) is 171 Å². The van der Waals surface area contributed by atoms with E-state index in [0.29, 0.717) is 87.1 Å². The van der Waals surface area contributed by atoms with E-state index in [2.05, 4.69) is 59.6 Å². The number of fused-ring (bicyclic) bond motifs is 1. The Morgan fingerprint density at radius 1 is 0.833 bits per heavy atom. The summed E-state index contributed by atoms with van der Waals surface area (Å²) in [6.45, 7) is 18.5. The van der Waals surface area contributed by atoms with Gasteiger partial charge in [0.15, 0.2) is 5.91 Å². The summed E-state index contributed by atoms with van der Waals surface area (Å²) in [7, 11) is 1.72. The van der Waals surface area contributed by atoms with Gasteiger partial charge in [0.2, 0.25) is 17.7 Å². The Morgan fingerprint density at radius 2 is 1.54 bits per heavy atom. The van der Waals surface area contributed by atoms with Crippen LogP contribution in [0, 0.1) is 19.9 Å². The summed E-state index contributed by atoms with van der Waals surface area (Å²) in [5.74, 6) is -2.23. The molecule has 405 valence electrons. The van der Waals surface area contributed by atoms with E-state index in [0.717, 1.165) is 52.5 Å². The number of aryl methyl sites for hydroxylation is 1. The SMILES string of the molecule is O=C1CCC(N2C(=O)c3[c-]cccc3C2=O)C(=O)N1.[CH2-]COCCc1cn(CCOCCN2CCN(C(=O)c3ccc(Cc4nc(-c5cccc(NC(=O)c6ccc(C(C)(C)C)cc6)c5C)cn(C)c4=O)cc3)CC2)nn1.[Y]. The van der Waals surface area contributed by atoms with Crippen LogP contribution >= 0.6 is 0 Å². The summed E-state index contributed by atoms with van der Waals surface area (Å²) >= 11 is 0. The maximum absolute atomic E-state index is 13.4. The number of nitrogens with one attached hydrogen (secondary N) is 2. The number of piperidine rings is 1. The molecule has 2 N–H and O–H groups in total. The van der Waals surface area contributed by atoms with Crippen LogP contribution in [0.15, 0.2) is 102 Å². The molecule has 20 heteroatoms. The van der Waals surface area contributed by atoms with Crippen molar-refractivity contribution in [2.45, 2.75) is 71.4 Å². The van der Waals surface area contributed by atoms with Crippen molar-refractivity contribution in [3.8, 4) is 11.3 Å². The van der Waals surface area contributed by atoms with E-state index in [1.165, 1.54) is 12.1 Å². The standard InChI is InChI=1S/C45H55N8O5.C13H9N2O4.Y/c1-7-57-26-19-37-30-53(49-48-37)25-28-58-27-24-51-20-22-52(23-21-51)43(55)35-13-11-33(12-14-35)29-40-44(56)50(6)31-41(46-40)38-9-8-10-39(32(38)2)47-42(54)34-15-17-36(18-16-34)45(3,4)5;16-10-6-5-9(11(17)14-10)15-12(18)7-3-1-2-4-8(7)13(15)19;/h8-18,30-31H,1,7,19-29H2,2-6H3,(H,47,54);1-3,9H,5-6H2,(H,14,16,17);/q2*-1;. The minimum Gasteiger partial charge on any atom is -0.413 e. The van der Waals surface area contributed by atoms with E-state index in [-0.39, 0.29) is 85.4 Å². The fourth-order valence-electron chi connectivity index (χ4n) is 9.23. The van der Waals surface area contributed by atoms with Crippen molar-refractivity contribution >= 4 is 41.1 Å². The molecule has 4 aromatic carbocycles. The van der Waals surface area contributed by atoms with E-state index in [4.69, 9.17) is 14.5 Å². The zero-order valence-corrected chi connectivity index (χ0v) is 47.6. The Labute approximate surface area is 478 Å². The number of amides is 6. The summed E-state index contributed by atoms with van der Waals surface area (Å²) in [6.07, 6.45) is 4.94. The van der Waals surface area contributed by atoms with Crippen LogP contribution in [0.1, 0.15) is 103 Å². The number of imide groups is 2. The van der Waals surface area contributed by atoms with E-state index in [1.807, 2.05) is 84.8 Å². The van der Waals surface area contributed by atoms with Crippen LogP contribution in [-0.4, -0.2) is 140 Å². The number of benzene rings is 4. The van der Waals surface area contributed by atoms with Crippen molar-refractivity contribution in [2.75, 3.05) is 64.5 Å². The Bertz CT molecular complexity index is 3160. The Balaban J connectivity index is 0.000000368. The van der Waals surface area contributed by atoms with E-state index in [1.54, 1.807) is 28.6 Å². The van der Waals surface area contributed by atoms with Gasteiger partial charge in [-0.05, 0) is 71.3 Å². The number of aromatic nitrogens is 5. The molecule has 78 heavy (non-hydrogen) atoms. The summed E-state index contributed by atoms with van der Waals surface area (Å²) in [6, 6.07) is 27.3. The van der Waals surface area contributed by atoms with Gasteiger partial charge in [-0.2, -0.15) is 0 Å². The molecule has 9 rings (SSSR count). The van der Waals surface area contributed by atoms with Crippen LogP contribution in [0.4, 0.5) is 5.69 Å². The molecule has 19 nitrogen and oxygen atoms in total. The molecular weight excluding hydrogens is 1070 g/mol. The topological polar surface area (TPSA) is 220 Å². The van der Waals surface area contributed by atoms with Gasteiger partial charge in [-0.3, -0.25) is 39.0 Å². The monoisotopic (exact) mass is 1130 g/mol. The molecule has 0 aliphatic carbocycles. The molecule has 0 saturated carbocycles. The molecule has 2 saturated heterocycles. The number of carbonyl (C=O) groups excluding carboxylic acids is 6. The fraction of sp³-hybridized carbons (Fsp3) is 0.362. The van der Waals surface area contributed by atoms with Crippen LogP contribution in [0.2, 0.25) is 0 Å². The first kappa shape index (κ1) is 58.8. The van der Waals surface area contributed by atoms with Crippen LogP contribution in [0.3, 0.4) is 0 Å². The molecule has 0 bridgehead atoms. The third kappa shape index (κ3) is 14.4. The average molecular weight is 1130 g/mol. The summed E-state index contributed by atoms with van der Waals surface area (Å²) in [5, 5.41) is 13.5. The van der Waals surface area contributed by atoms with Gasteiger partial charge in [0.05, 0.1) is 31.1 Å². The van der Waals surface area contributed by atoms with Gasteiger partial charge >= 0.3 is 0 Å². The number of rotatable bonds is 17. The van der Waals surface area contributed by atoms with Gasteiger partial charge in [-0.1, -0.05) is 74.6 Å². The van der Waals surface area contributed by atoms with Gasteiger partial charge < -0.3 is 40.9 Å². The van der Waals surface area contributed by atoms with Crippen molar-refractivity contribution in [3.63, 3.8) is 0 Å². The second-order valence-corrected chi connectivity index (χ2v) is 20.1.